The van der Waals surface area contributed by atoms with Crippen LogP contribution in [0.25, 0.3) is 0 Å². The second-order valence-electron chi connectivity index (χ2n) is 3.90. The lowest BCUT2D eigenvalue weighted by atomic mass is 10.3. The van der Waals surface area contributed by atoms with Crippen LogP contribution >= 0.6 is 0 Å². The molecule has 0 aliphatic carbocycles. The molecule has 18 heavy (non-hydrogen) atoms. The number of ether oxygens (including phenoxy) is 1. The van der Waals surface area contributed by atoms with Gasteiger partial charge in [-0.05, 0) is 12.1 Å². The molecule has 1 aromatic heterocycles. The number of anilines is 1. The van der Waals surface area contributed by atoms with E-state index < -0.39 is 11.2 Å². The fourth-order valence-corrected chi connectivity index (χ4v) is 1.51. The molecule has 0 saturated carbocycles. The Balaban J connectivity index is 2.48. The van der Waals surface area contributed by atoms with Gasteiger partial charge in [0.1, 0.15) is 5.75 Å². The van der Waals surface area contributed by atoms with E-state index in [0.29, 0.717) is 11.4 Å². The highest BCUT2D eigenvalue weighted by molar-refractivity contribution is 5.44. The third-order valence-corrected chi connectivity index (χ3v) is 2.56. The summed E-state index contributed by atoms with van der Waals surface area (Å²) in [5.74, 6) is 0.645. The maximum absolute atomic E-state index is 11.7. The van der Waals surface area contributed by atoms with Crippen molar-refractivity contribution in [2.24, 2.45) is 14.1 Å². The Morgan fingerprint density at radius 1 is 1.11 bits per heavy atom. The van der Waals surface area contributed by atoms with Crippen molar-refractivity contribution >= 4 is 5.69 Å². The number of rotatable bonds is 2. The summed E-state index contributed by atoms with van der Waals surface area (Å²) in [5, 5.41) is 0. The van der Waals surface area contributed by atoms with Gasteiger partial charge in [-0.2, -0.15) is 0 Å². The minimum atomic E-state index is -0.443. The van der Waals surface area contributed by atoms with E-state index in [9.17, 15) is 9.59 Å². The van der Waals surface area contributed by atoms with E-state index in [2.05, 4.69) is 0 Å². The van der Waals surface area contributed by atoms with Gasteiger partial charge >= 0.3 is 5.69 Å². The Kier molecular flexibility index (Phi) is 2.93. The molecule has 2 rings (SSSR count). The molecule has 6 heteroatoms. The van der Waals surface area contributed by atoms with E-state index in [1.807, 2.05) is 0 Å². The van der Waals surface area contributed by atoms with Gasteiger partial charge in [-0.3, -0.25) is 13.9 Å². The van der Waals surface area contributed by atoms with Crippen molar-refractivity contribution in [3.63, 3.8) is 0 Å². The Morgan fingerprint density at radius 3 is 2.50 bits per heavy atom. The summed E-state index contributed by atoms with van der Waals surface area (Å²) >= 11 is 0. The van der Waals surface area contributed by atoms with Crippen LogP contribution < -0.4 is 21.7 Å². The van der Waals surface area contributed by atoms with Crippen LogP contribution in [-0.2, 0) is 14.1 Å². The van der Waals surface area contributed by atoms with Crippen LogP contribution in [0.2, 0.25) is 0 Å². The zero-order chi connectivity index (χ0) is 13.3. The van der Waals surface area contributed by atoms with Crippen molar-refractivity contribution in [1.29, 1.82) is 0 Å². The van der Waals surface area contributed by atoms with Gasteiger partial charge in [-0.25, -0.2) is 4.79 Å². The standard InChI is InChI=1S/C12H13N3O3/c1-14-10(16)7-11(15(2)12(14)17)18-9-5-3-4-8(13)6-9/h3-7H,13H2,1-2H3. The molecule has 0 atom stereocenters. The number of nitrogens with two attached hydrogens (primary N) is 1. The molecule has 2 aromatic rings. The van der Waals surface area contributed by atoms with Gasteiger partial charge in [0.25, 0.3) is 5.56 Å². The molecule has 6 nitrogen and oxygen atoms in total. The maximum atomic E-state index is 11.7. The number of hydrogen-bond donors (Lipinski definition) is 1. The highest BCUT2D eigenvalue weighted by atomic mass is 16.5. The van der Waals surface area contributed by atoms with Crippen molar-refractivity contribution in [3.8, 4) is 11.6 Å². The number of hydrogen-bond acceptors (Lipinski definition) is 4. The third kappa shape index (κ3) is 2.13. The Hall–Kier alpha value is -2.50. The first-order chi connectivity index (χ1) is 8.49. The highest BCUT2D eigenvalue weighted by Crippen LogP contribution is 2.20. The van der Waals surface area contributed by atoms with Crippen LogP contribution in [0.5, 0.6) is 11.6 Å². The summed E-state index contributed by atoms with van der Waals surface area (Å²) < 4.78 is 7.74. The van der Waals surface area contributed by atoms with Crippen LogP contribution in [0, 0.1) is 0 Å². The smallest absolute Gasteiger partial charge is 0.333 e. The predicted molar refractivity (Wildman–Crippen MR) is 67.9 cm³/mol. The fraction of sp³-hybridized carbons (Fsp3) is 0.167. The molecule has 0 bridgehead atoms. The molecule has 1 heterocycles. The zero-order valence-corrected chi connectivity index (χ0v) is 10.1. The first-order valence-corrected chi connectivity index (χ1v) is 5.29. The van der Waals surface area contributed by atoms with Crippen LogP contribution in [0.15, 0.2) is 39.9 Å². The Labute approximate surface area is 103 Å². The van der Waals surface area contributed by atoms with E-state index in [1.165, 1.54) is 24.7 Å². The maximum Gasteiger partial charge on any atom is 0.333 e. The lowest BCUT2D eigenvalue weighted by molar-refractivity contribution is 0.423. The normalized spacial score (nSPS) is 10.3. The van der Waals surface area contributed by atoms with Crippen LogP contribution in [-0.4, -0.2) is 9.13 Å². The summed E-state index contributed by atoms with van der Waals surface area (Å²) in [6, 6.07) is 8.00. The quantitative estimate of drug-likeness (QED) is 0.782. The minimum absolute atomic E-state index is 0.175. The number of aromatic nitrogens is 2. The lowest BCUT2D eigenvalue weighted by Gasteiger charge is -2.10. The van der Waals surface area contributed by atoms with Crippen molar-refractivity contribution in [3.05, 3.63) is 51.2 Å². The molecule has 2 N–H and O–H groups in total. The largest absolute Gasteiger partial charge is 0.440 e. The van der Waals surface area contributed by atoms with Gasteiger partial charge in [-0.1, -0.05) is 6.07 Å². The van der Waals surface area contributed by atoms with Crippen molar-refractivity contribution in [1.82, 2.24) is 9.13 Å². The van der Waals surface area contributed by atoms with Gasteiger partial charge in [0, 0.05) is 25.8 Å². The summed E-state index contributed by atoms with van der Waals surface area (Å²) in [7, 11) is 2.94. The van der Waals surface area contributed by atoms with Crippen LogP contribution in [0.4, 0.5) is 5.69 Å². The zero-order valence-electron chi connectivity index (χ0n) is 10.1. The van der Waals surface area contributed by atoms with Crippen molar-refractivity contribution in [2.75, 3.05) is 5.73 Å². The molecule has 1 aromatic carbocycles. The molecule has 0 spiro atoms. The second kappa shape index (κ2) is 4.40. The summed E-state index contributed by atoms with van der Waals surface area (Å²) in [4.78, 5) is 23.2. The van der Waals surface area contributed by atoms with E-state index in [4.69, 9.17) is 10.5 Å². The molecule has 94 valence electrons. The first kappa shape index (κ1) is 12.0. The second-order valence-corrected chi connectivity index (χ2v) is 3.90. The first-order valence-electron chi connectivity index (χ1n) is 5.29. The van der Waals surface area contributed by atoms with Gasteiger partial charge in [-0.15, -0.1) is 0 Å². The SMILES string of the molecule is Cn1c(Oc2cccc(N)c2)cc(=O)n(C)c1=O. The molecular formula is C12H13N3O3. The van der Waals surface area contributed by atoms with E-state index in [1.54, 1.807) is 24.3 Å². The minimum Gasteiger partial charge on any atom is -0.440 e. The van der Waals surface area contributed by atoms with Crippen LogP contribution in [0.3, 0.4) is 0 Å². The summed E-state index contributed by atoms with van der Waals surface area (Å²) in [6.07, 6.45) is 0. The average molecular weight is 247 g/mol. The molecule has 0 aliphatic heterocycles. The predicted octanol–water partition coefficient (Wildman–Crippen LogP) is 0.459. The molecule has 0 radical (unpaired) electrons. The van der Waals surface area contributed by atoms with E-state index >= 15 is 0 Å². The molecule has 0 amide bonds. The van der Waals surface area contributed by atoms with Gasteiger partial charge in [0.05, 0.1) is 6.07 Å². The third-order valence-electron chi connectivity index (χ3n) is 2.56. The van der Waals surface area contributed by atoms with Crippen molar-refractivity contribution < 1.29 is 4.74 Å². The number of nitrogen functional groups attached to an aromatic ring is 1. The number of benzene rings is 1. The topological polar surface area (TPSA) is 79.2 Å². The van der Waals surface area contributed by atoms with Gasteiger partial charge in [0.15, 0.2) is 0 Å². The van der Waals surface area contributed by atoms with Crippen molar-refractivity contribution in [2.45, 2.75) is 0 Å². The molecular weight excluding hydrogens is 234 g/mol. The molecule has 0 saturated heterocycles. The van der Waals surface area contributed by atoms with Gasteiger partial charge in [0.2, 0.25) is 5.88 Å². The Morgan fingerprint density at radius 2 is 1.83 bits per heavy atom. The molecule has 0 fully saturated rings. The van der Waals surface area contributed by atoms with Crippen LogP contribution in [0.1, 0.15) is 0 Å². The lowest BCUT2D eigenvalue weighted by Crippen LogP contribution is -2.36. The Bertz CT molecular complexity index is 700. The average Bonchev–Trinajstić information content (AvgIpc) is 2.33. The fourth-order valence-electron chi connectivity index (χ4n) is 1.51. The highest BCUT2D eigenvalue weighted by Gasteiger charge is 2.07. The summed E-state index contributed by atoms with van der Waals surface area (Å²) in [6.45, 7) is 0. The van der Waals surface area contributed by atoms with E-state index in [-0.39, 0.29) is 5.88 Å². The van der Waals surface area contributed by atoms with Gasteiger partial charge < -0.3 is 10.5 Å². The summed E-state index contributed by atoms with van der Waals surface area (Å²) in [5.41, 5.74) is 5.30. The molecule has 0 unspecified atom stereocenters. The number of nitrogens with zero attached hydrogens (tertiary/aromatic N) is 2. The van der Waals surface area contributed by atoms with E-state index in [0.717, 1.165) is 4.57 Å². The molecule has 0 aliphatic rings. The monoisotopic (exact) mass is 247 g/mol.